The summed E-state index contributed by atoms with van der Waals surface area (Å²) < 4.78 is 7.18. The predicted molar refractivity (Wildman–Crippen MR) is 72.8 cm³/mol. The number of unbranched alkanes of at least 4 members (excludes halogenated alkanes) is 1. The Bertz CT molecular complexity index is 450. The summed E-state index contributed by atoms with van der Waals surface area (Å²) in [6.07, 6.45) is 6.57. The highest BCUT2D eigenvalue weighted by atomic mass is 16.5. The molecule has 0 aromatic carbocycles. The standard InChI is InChI=1S/C14H22N2O2/c1-2-3-7-18-8-6-16-10-12(11-4-5-11)9-13(15)14(16)17/h9-11H,2-8,15H2,1H3. The van der Waals surface area contributed by atoms with Crippen LogP contribution in [-0.2, 0) is 11.3 Å². The molecule has 1 heterocycles. The number of aromatic nitrogens is 1. The van der Waals surface area contributed by atoms with Crippen molar-refractivity contribution >= 4 is 5.69 Å². The third-order valence-electron chi connectivity index (χ3n) is 3.30. The Labute approximate surface area is 108 Å². The number of hydrogen-bond acceptors (Lipinski definition) is 3. The molecule has 1 aromatic rings. The van der Waals surface area contributed by atoms with Crippen LogP contribution in [0.1, 0.15) is 44.1 Å². The van der Waals surface area contributed by atoms with Crippen molar-refractivity contribution in [1.29, 1.82) is 0 Å². The number of ether oxygens (including phenoxy) is 1. The largest absolute Gasteiger partial charge is 0.394 e. The van der Waals surface area contributed by atoms with Crippen LogP contribution >= 0.6 is 0 Å². The average Bonchev–Trinajstić information content (AvgIpc) is 3.18. The lowest BCUT2D eigenvalue weighted by atomic mass is 10.2. The Morgan fingerprint density at radius 2 is 2.22 bits per heavy atom. The molecule has 0 atom stereocenters. The second-order valence-electron chi connectivity index (χ2n) is 4.97. The highest BCUT2D eigenvalue weighted by Gasteiger charge is 2.24. The maximum Gasteiger partial charge on any atom is 0.273 e. The van der Waals surface area contributed by atoms with E-state index in [1.54, 1.807) is 4.57 Å². The first-order chi connectivity index (χ1) is 8.72. The van der Waals surface area contributed by atoms with Crippen molar-refractivity contribution < 1.29 is 4.74 Å². The van der Waals surface area contributed by atoms with Crippen LogP contribution in [0.5, 0.6) is 0 Å². The van der Waals surface area contributed by atoms with Gasteiger partial charge in [0, 0.05) is 19.3 Å². The third-order valence-corrected chi connectivity index (χ3v) is 3.30. The Morgan fingerprint density at radius 3 is 2.89 bits per heavy atom. The average molecular weight is 250 g/mol. The van der Waals surface area contributed by atoms with E-state index in [0.29, 0.717) is 24.8 Å². The second kappa shape index (κ2) is 6.05. The fourth-order valence-electron chi connectivity index (χ4n) is 2.00. The number of anilines is 1. The fraction of sp³-hybridized carbons (Fsp3) is 0.643. The van der Waals surface area contributed by atoms with E-state index in [4.69, 9.17) is 10.5 Å². The number of rotatable bonds is 7. The van der Waals surface area contributed by atoms with Gasteiger partial charge in [0.1, 0.15) is 0 Å². The van der Waals surface area contributed by atoms with Gasteiger partial charge in [-0.25, -0.2) is 0 Å². The van der Waals surface area contributed by atoms with Crippen LogP contribution < -0.4 is 11.3 Å². The minimum absolute atomic E-state index is 0.0986. The van der Waals surface area contributed by atoms with Crippen molar-refractivity contribution in [1.82, 2.24) is 4.57 Å². The van der Waals surface area contributed by atoms with Crippen LogP contribution in [0.4, 0.5) is 5.69 Å². The van der Waals surface area contributed by atoms with E-state index in [9.17, 15) is 4.79 Å². The molecule has 1 fully saturated rings. The van der Waals surface area contributed by atoms with Gasteiger partial charge in [-0.15, -0.1) is 0 Å². The molecule has 0 saturated heterocycles. The molecule has 18 heavy (non-hydrogen) atoms. The zero-order valence-corrected chi connectivity index (χ0v) is 11.0. The van der Waals surface area contributed by atoms with Crippen LogP contribution in [0, 0.1) is 0 Å². The summed E-state index contributed by atoms with van der Waals surface area (Å²) in [4.78, 5) is 11.9. The summed E-state index contributed by atoms with van der Waals surface area (Å²) in [7, 11) is 0. The molecule has 0 amide bonds. The van der Waals surface area contributed by atoms with Crippen molar-refractivity contribution in [3.8, 4) is 0 Å². The van der Waals surface area contributed by atoms with E-state index in [2.05, 4.69) is 6.92 Å². The minimum Gasteiger partial charge on any atom is -0.394 e. The van der Waals surface area contributed by atoms with Gasteiger partial charge in [-0.3, -0.25) is 4.79 Å². The van der Waals surface area contributed by atoms with Crippen molar-refractivity contribution in [2.75, 3.05) is 18.9 Å². The minimum atomic E-state index is -0.0986. The van der Waals surface area contributed by atoms with E-state index >= 15 is 0 Å². The second-order valence-corrected chi connectivity index (χ2v) is 4.97. The zero-order chi connectivity index (χ0) is 13.0. The first kappa shape index (κ1) is 13.1. The summed E-state index contributed by atoms with van der Waals surface area (Å²) >= 11 is 0. The van der Waals surface area contributed by atoms with Gasteiger partial charge in [0.25, 0.3) is 5.56 Å². The normalized spacial score (nSPS) is 14.9. The Kier molecular flexibility index (Phi) is 4.42. The first-order valence-corrected chi connectivity index (χ1v) is 6.80. The van der Waals surface area contributed by atoms with Gasteiger partial charge in [0.15, 0.2) is 0 Å². The van der Waals surface area contributed by atoms with Gasteiger partial charge >= 0.3 is 0 Å². The van der Waals surface area contributed by atoms with Crippen LogP contribution in [0.2, 0.25) is 0 Å². The zero-order valence-electron chi connectivity index (χ0n) is 11.0. The summed E-state index contributed by atoms with van der Waals surface area (Å²) in [5, 5.41) is 0. The SMILES string of the molecule is CCCCOCCn1cc(C2CC2)cc(N)c1=O. The van der Waals surface area contributed by atoms with Crippen molar-refractivity contribution in [2.45, 2.75) is 45.1 Å². The summed E-state index contributed by atoms with van der Waals surface area (Å²) in [5.41, 5.74) is 7.22. The van der Waals surface area contributed by atoms with Crippen LogP contribution in [-0.4, -0.2) is 17.8 Å². The summed E-state index contributed by atoms with van der Waals surface area (Å²) in [5.74, 6) is 0.611. The van der Waals surface area contributed by atoms with E-state index in [-0.39, 0.29) is 5.56 Å². The molecular formula is C14H22N2O2. The fourth-order valence-corrected chi connectivity index (χ4v) is 2.00. The summed E-state index contributed by atoms with van der Waals surface area (Å²) in [6.45, 7) is 4.07. The van der Waals surface area contributed by atoms with Gasteiger partial charge in [-0.1, -0.05) is 13.3 Å². The molecule has 0 aliphatic heterocycles. The monoisotopic (exact) mass is 250 g/mol. The lowest BCUT2D eigenvalue weighted by Gasteiger charge is -2.10. The molecule has 1 aromatic heterocycles. The molecule has 2 rings (SSSR count). The lowest BCUT2D eigenvalue weighted by Crippen LogP contribution is -2.25. The quantitative estimate of drug-likeness (QED) is 0.754. The summed E-state index contributed by atoms with van der Waals surface area (Å²) in [6, 6.07) is 1.83. The smallest absolute Gasteiger partial charge is 0.273 e. The van der Waals surface area contributed by atoms with Crippen LogP contribution in [0.25, 0.3) is 0 Å². The molecule has 0 unspecified atom stereocenters. The van der Waals surface area contributed by atoms with Gasteiger partial charge in [-0.2, -0.15) is 0 Å². The highest BCUT2D eigenvalue weighted by molar-refractivity contribution is 5.40. The molecule has 4 heteroatoms. The maximum absolute atomic E-state index is 11.9. The lowest BCUT2D eigenvalue weighted by molar-refractivity contribution is 0.123. The van der Waals surface area contributed by atoms with Crippen molar-refractivity contribution in [2.24, 2.45) is 0 Å². The molecule has 1 saturated carbocycles. The van der Waals surface area contributed by atoms with E-state index in [1.807, 2.05) is 12.3 Å². The van der Waals surface area contributed by atoms with E-state index in [1.165, 1.54) is 18.4 Å². The Balaban J connectivity index is 1.96. The molecule has 2 N–H and O–H groups in total. The molecule has 1 aliphatic rings. The van der Waals surface area contributed by atoms with Crippen LogP contribution in [0.3, 0.4) is 0 Å². The first-order valence-electron chi connectivity index (χ1n) is 6.80. The third kappa shape index (κ3) is 3.35. The number of nitrogens with two attached hydrogens (primary N) is 1. The molecule has 0 radical (unpaired) electrons. The molecule has 0 spiro atoms. The Morgan fingerprint density at radius 1 is 1.44 bits per heavy atom. The number of hydrogen-bond donors (Lipinski definition) is 1. The molecule has 4 nitrogen and oxygen atoms in total. The molecule has 0 bridgehead atoms. The topological polar surface area (TPSA) is 57.2 Å². The molecular weight excluding hydrogens is 228 g/mol. The molecule has 1 aliphatic carbocycles. The van der Waals surface area contributed by atoms with E-state index in [0.717, 1.165) is 19.4 Å². The molecule has 100 valence electrons. The van der Waals surface area contributed by atoms with Gasteiger partial charge in [0.05, 0.1) is 12.3 Å². The van der Waals surface area contributed by atoms with Crippen molar-refractivity contribution in [3.05, 3.63) is 28.2 Å². The van der Waals surface area contributed by atoms with Gasteiger partial charge in [-0.05, 0) is 36.8 Å². The van der Waals surface area contributed by atoms with E-state index < -0.39 is 0 Å². The van der Waals surface area contributed by atoms with Gasteiger partial charge < -0.3 is 15.0 Å². The number of pyridine rings is 1. The van der Waals surface area contributed by atoms with Crippen molar-refractivity contribution in [3.63, 3.8) is 0 Å². The van der Waals surface area contributed by atoms with Crippen LogP contribution in [0.15, 0.2) is 17.1 Å². The van der Waals surface area contributed by atoms with Gasteiger partial charge in [0.2, 0.25) is 0 Å². The maximum atomic E-state index is 11.9. The highest BCUT2D eigenvalue weighted by Crippen LogP contribution is 2.39. The Hall–Kier alpha value is -1.29. The predicted octanol–water partition coefficient (Wildman–Crippen LogP) is 2.12. The number of nitrogen functional groups attached to an aromatic ring is 1. The number of nitrogens with zero attached hydrogens (tertiary/aromatic N) is 1.